The highest BCUT2D eigenvalue weighted by atomic mass is 35.5. The van der Waals surface area contributed by atoms with E-state index >= 15 is 0 Å². The SMILES string of the molecule is NC(=O)CNc1cc(Cl)cc(C(F)(F)F)c1. The Hall–Kier alpha value is -1.43. The van der Waals surface area contributed by atoms with E-state index < -0.39 is 17.6 Å². The molecule has 0 bridgehead atoms. The third-order valence-corrected chi connectivity index (χ3v) is 1.91. The summed E-state index contributed by atoms with van der Waals surface area (Å²) in [7, 11) is 0. The number of primary amides is 1. The van der Waals surface area contributed by atoms with E-state index in [1.807, 2.05) is 0 Å². The average molecular weight is 253 g/mol. The first-order chi connectivity index (χ1) is 7.29. The fraction of sp³-hybridized carbons (Fsp3) is 0.222. The largest absolute Gasteiger partial charge is 0.416 e. The van der Waals surface area contributed by atoms with Crippen molar-refractivity contribution in [3.8, 4) is 0 Å². The summed E-state index contributed by atoms with van der Waals surface area (Å²) >= 11 is 5.52. The molecule has 0 radical (unpaired) electrons. The molecule has 3 nitrogen and oxygen atoms in total. The molecule has 1 aromatic carbocycles. The van der Waals surface area contributed by atoms with Gasteiger partial charge in [-0.2, -0.15) is 13.2 Å². The van der Waals surface area contributed by atoms with E-state index in [2.05, 4.69) is 5.32 Å². The van der Waals surface area contributed by atoms with Crippen LogP contribution in [0.15, 0.2) is 18.2 Å². The number of nitrogens with two attached hydrogens (primary N) is 1. The standard InChI is InChI=1S/C9H8ClF3N2O/c10-6-1-5(9(11,12)13)2-7(3-6)15-4-8(14)16/h1-3,15H,4H2,(H2,14,16). The minimum absolute atomic E-state index is 0.0678. The predicted octanol–water partition coefficient (Wildman–Crippen LogP) is 2.26. The molecule has 16 heavy (non-hydrogen) atoms. The fourth-order valence-corrected chi connectivity index (χ4v) is 1.28. The Morgan fingerprint density at radius 2 is 2.00 bits per heavy atom. The first-order valence-electron chi connectivity index (χ1n) is 4.19. The first kappa shape index (κ1) is 12.6. The highest BCUT2D eigenvalue weighted by Crippen LogP contribution is 2.33. The van der Waals surface area contributed by atoms with Gasteiger partial charge in [0.25, 0.3) is 0 Å². The molecule has 0 aliphatic rings. The lowest BCUT2D eigenvalue weighted by Gasteiger charge is -2.10. The normalized spacial score (nSPS) is 11.2. The van der Waals surface area contributed by atoms with Gasteiger partial charge in [-0.1, -0.05) is 11.6 Å². The van der Waals surface area contributed by atoms with Crippen LogP contribution in [0.2, 0.25) is 5.02 Å². The second-order valence-corrected chi connectivity index (χ2v) is 3.48. The van der Waals surface area contributed by atoms with Crippen molar-refractivity contribution in [3.05, 3.63) is 28.8 Å². The maximum atomic E-state index is 12.4. The molecule has 88 valence electrons. The lowest BCUT2D eigenvalue weighted by Crippen LogP contribution is -2.22. The molecule has 7 heteroatoms. The van der Waals surface area contributed by atoms with Crippen molar-refractivity contribution in [3.63, 3.8) is 0 Å². The van der Waals surface area contributed by atoms with Crippen LogP contribution in [0.3, 0.4) is 0 Å². The van der Waals surface area contributed by atoms with Crippen molar-refractivity contribution in [1.29, 1.82) is 0 Å². The molecule has 1 aromatic rings. The zero-order valence-corrected chi connectivity index (χ0v) is 8.69. The average Bonchev–Trinajstić information content (AvgIpc) is 2.12. The van der Waals surface area contributed by atoms with Gasteiger partial charge in [0, 0.05) is 10.7 Å². The topological polar surface area (TPSA) is 55.1 Å². The summed E-state index contributed by atoms with van der Waals surface area (Å²) in [6.45, 7) is -0.252. The smallest absolute Gasteiger partial charge is 0.376 e. The summed E-state index contributed by atoms with van der Waals surface area (Å²) in [6.07, 6.45) is -4.48. The lowest BCUT2D eigenvalue weighted by molar-refractivity contribution is -0.137. The Bertz CT molecular complexity index is 406. The van der Waals surface area contributed by atoms with Crippen LogP contribution < -0.4 is 11.1 Å². The van der Waals surface area contributed by atoms with E-state index in [0.29, 0.717) is 0 Å². The molecule has 0 spiro atoms. The van der Waals surface area contributed by atoms with E-state index in [-0.39, 0.29) is 17.3 Å². The molecule has 0 unspecified atom stereocenters. The molecule has 0 aliphatic carbocycles. The summed E-state index contributed by atoms with van der Waals surface area (Å²) in [5, 5.41) is 2.37. The number of alkyl halides is 3. The van der Waals surface area contributed by atoms with E-state index in [1.54, 1.807) is 0 Å². The van der Waals surface area contributed by atoms with Gasteiger partial charge in [0.15, 0.2) is 0 Å². The van der Waals surface area contributed by atoms with E-state index in [9.17, 15) is 18.0 Å². The van der Waals surface area contributed by atoms with Crippen LogP contribution in [0.25, 0.3) is 0 Å². The van der Waals surface area contributed by atoms with Gasteiger partial charge in [-0.05, 0) is 18.2 Å². The number of nitrogens with one attached hydrogen (secondary N) is 1. The zero-order valence-electron chi connectivity index (χ0n) is 7.94. The summed E-state index contributed by atoms with van der Waals surface area (Å²) in [4.78, 5) is 10.4. The number of halogens is 4. The number of hydrogen-bond donors (Lipinski definition) is 2. The van der Waals surface area contributed by atoms with E-state index in [1.165, 1.54) is 6.07 Å². The summed E-state index contributed by atoms with van der Waals surface area (Å²) in [5.41, 5.74) is 4.06. The van der Waals surface area contributed by atoms with Gasteiger partial charge in [0.05, 0.1) is 12.1 Å². The van der Waals surface area contributed by atoms with Crippen molar-refractivity contribution < 1.29 is 18.0 Å². The second kappa shape index (κ2) is 4.61. The maximum absolute atomic E-state index is 12.4. The molecule has 0 fully saturated rings. The third kappa shape index (κ3) is 3.62. The molecule has 3 N–H and O–H groups in total. The van der Waals surface area contributed by atoms with Crippen molar-refractivity contribution in [2.75, 3.05) is 11.9 Å². The molecule has 0 saturated heterocycles. The third-order valence-electron chi connectivity index (χ3n) is 1.69. The first-order valence-corrected chi connectivity index (χ1v) is 4.57. The van der Waals surface area contributed by atoms with Gasteiger partial charge >= 0.3 is 6.18 Å². The highest BCUT2D eigenvalue weighted by Gasteiger charge is 2.31. The highest BCUT2D eigenvalue weighted by molar-refractivity contribution is 6.30. The molecule has 0 atom stereocenters. The van der Waals surface area contributed by atoms with Crippen LogP contribution in [0, 0.1) is 0 Å². The number of carbonyl (C=O) groups is 1. The minimum Gasteiger partial charge on any atom is -0.376 e. The lowest BCUT2D eigenvalue weighted by atomic mass is 10.2. The van der Waals surface area contributed by atoms with Crippen LogP contribution in [0.4, 0.5) is 18.9 Å². The van der Waals surface area contributed by atoms with Gasteiger partial charge in [-0.25, -0.2) is 0 Å². The number of amides is 1. The van der Waals surface area contributed by atoms with Crippen LogP contribution in [-0.2, 0) is 11.0 Å². The van der Waals surface area contributed by atoms with Crippen molar-refractivity contribution in [2.24, 2.45) is 5.73 Å². The van der Waals surface area contributed by atoms with Crippen molar-refractivity contribution in [1.82, 2.24) is 0 Å². The molecule has 0 aromatic heterocycles. The molecule has 1 amide bonds. The summed E-state index contributed by atoms with van der Waals surface area (Å²) in [5.74, 6) is -0.673. The molecule has 0 heterocycles. The van der Waals surface area contributed by atoms with Gasteiger partial charge in [0.2, 0.25) is 5.91 Å². The van der Waals surface area contributed by atoms with Crippen LogP contribution >= 0.6 is 11.6 Å². The van der Waals surface area contributed by atoms with Gasteiger partial charge < -0.3 is 11.1 Å². The molecule has 1 rings (SSSR count). The Kier molecular flexibility index (Phi) is 3.64. The number of hydrogen-bond acceptors (Lipinski definition) is 2. The number of carbonyl (C=O) groups excluding carboxylic acids is 1. The van der Waals surface area contributed by atoms with Crippen LogP contribution in [0.5, 0.6) is 0 Å². The Labute approximate surface area is 94.4 Å². The molecule has 0 aliphatic heterocycles. The van der Waals surface area contributed by atoms with E-state index in [4.69, 9.17) is 17.3 Å². The second-order valence-electron chi connectivity index (χ2n) is 3.05. The van der Waals surface area contributed by atoms with Gasteiger partial charge in [-0.3, -0.25) is 4.79 Å². The van der Waals surface area contributed by atoms with E-state index in [0.717, 1.165) is 12.1 Å². The number of rotatable bonds is 3. The van der Waals surface area contributed by atoms with Crippen LogP contribution in [-0.4, -0.2) is 12.5 Å². The predicted molar refractivity (Wildman–Crippen MR) is 54.1 cm³/mol. The monoisotopic (exact) mass is 252 g/mol. The fourth-order valence-electron chi connectivity index (χ4n) is 1.04. The molecular weight excluding hydrogens is 245 g/mol. The number of anilines is 1. The Morgan fingerprint density at radius 1 is 1.38 bits per heavy atom. The van der Waals surface area contributed by atoms with Crippen molar-refractivity contribution in [2.45, 2.75) is 6.18 Å². The summed E-state index contributed by atoms with van der Waals surface area (Å²) < 4.78 is 37.1. The van der Waals surface area contributed by atoms with Crippen LogP contribution in [0.1, 0.15) is 5.56 Å². The van der Waals surface area contributed by atoms with Gasteiger partial charge in [-0.15, -0.1) is 0 Å². The van der Waals surface area contributed by atoms with Gasteiger partial charge in [0.1, 0.15) is 0 Å². The maximum Gasteiger partial charge on any atom is 0.416 e. The Balaban J connectivity index is 2.94. The number of benzene rings is 1. The Morgan fingerprint density at radius 3 is 2.50 bits per heavy atom. The van der Waals surface area contributed by atoms with Crippen molar-refractivity contribution >= 4 is 23.2 Å². The molecular formula is C9H8ClF3N2O. The summed E-state index contributed by atoms with van der Waals surface area (Å²) in [6, 6.07) is 2.94. The quantitative estimate of drug-likeness (QED) is 0.867. The molecule has 0 saturated carbocycles. The zero-order chi connectivity index (χ0) is 12.3. The minimum atomic E-state index is -4.48.